The van der Waals surface area contributed by atoms with Crippen LogP contribution in [0.1, 0.15) is 49.9 Å². The van der Waals surface area contributed by atoms with Crippen LogP contribution in [-0.2, 0) is 6.42 Å². The van der Waals surface area contributed by atoms with Gasteiger partial charge in [0.1, 0.15) is 5.75 Å². The number of rotatable bonds is 3. The highest BCUT2D eigenvalue weighted by molar-refractivity contribution is 6.02. The van der Waals surface area contributed by atoms with Gasteiger partial charge in [0.15, 0.2) is 0 Å². The molecule has 2 heterocycles. The van der Waals surface area contributed by atoms with Crippen LogP contribution in [0.4, 0.5) is 0 Å². The van der Waals surface area contributed by atoms with Crippen molar-refractivity contribution in [1.29, 1.82) is 0 Å². The summed E-state index contributed by atoms with van der Waals surface area (Å²) in [5, 5.41) is 16.8. The van der Waals surface area contributed by atoms with Crippen molar-refractivity contribution in [2.75, 3.05) is 0 Å². The van der Waals surface area contributed by atoms with Crippen LogP contribution in [0, 0.1) is 0 Å². The van der Waals surface area contributed by atoms with Crippen molar-refractivity contribution in [1.82, 2.24) is 5.01 Å². The van der Waals surface area contributed by atoms with Gasteiger partial charge in [-0.25, -0.2) is 5.01 Å². The van der Waals surface area contributed by atoms with Gasteiger partial charge < -0.3 is 9.84 Å². The predicted molar refractivity (Wildman–Crippen MR) is 103 cm³/mol. The molecule has 4 heteroatoms. The molecular formula is C22H24N2O2. The number of fused-ring (bicyclic) bond motifs is 3. The number of ether oxygens (including phenoxy) is 1. The Bertz CT molecular complexity index is 881. The number of hydrazone groups is 1. The summed E-state index contributed by atoms with van der Waals surface area (Å²) in [6, 6.07) is 16.8. The van der Waals surface area contributed by atoms with E-state index in [9.17, 15) is 5.11 Å². The molecule has 0 aliphatic carbocycles. The zero-order valence-electron chi connectivity index (χ0n) is 15.4. The normalized spacial score (nSPS) is 24.6. The molecular weight excluding hydrogens is 324 g/mol. The molecule has 0 amide bonds. The van der Waals surface area contributed by atoms with E-state index in [0.717, 1.165) is 35.4 Å². The second kappa shape index (κ2) is 6.20. The van der Waals surface area contributed by atoms with Gasteiger partial charge in [0.2, 0.25) is 5.72 Å². The lowest BCUT2D eigenvalue weighted by Crippen LogP contribution is -2.50. The maximum atomic E-state index is 9.88. The van der Waals surface area contributed by atoms with Crippen molar-refractivity contribution in [3.05, 3.63) is 77.1 Å². The van der Waals surface area contributed by atoms with E-state index in [0.29, 0.717) is 0 Å². The highest BCUT2D eigenvalue weighted by atomic mass is 16.5. The molecule has 2 aromatic rings. The summed E-state index contributed by atoms with van der Waals surface area (Å²) in [5.41, 5.74) is 3.83. The molecule has 0 fully saturated rings. The number of aryl methyl sites for hydroxylation is 1. The van der Waals surface area contributed by atoms with E-state index in [-0.39, 0.29) is 11.8 Å². The van der Waals surface area contributed by atoms with Gasteiger partial charge >= 0.3 is 0 Å². The van der Waals surface area contributed by atoms with Crippen molar-refractivity contribution in [3.8, 4) is 5.75 Å². The topological polar surface area (TPSA) is 45.1 Å². The fraction of sp³-hybridized carbons (Fsp3) is 0.318. The van der Waals surface area contributed by atoms with Gasteiger partial charge in [-0.1, -0.05) is 49.4 Å². The van der Waals surface area contributed by atoms with E-state index in [4.69, 9.17) is 9.84 Å². The lowest BCUT2D eigenvalue weighted by Gasteiger charge is -2.44. The van der Waals surface area contributed by atoms with E-state index in [1.54, 1.807) is 13.0 Å². The van der Waals surface area contributed by atoms with Gasteiger partial charge in [-0.3, -0.25) is 0 Å². The molecule has 0 spiro atoms. The van der Waals surface area contributed by atoms with Gasteiger partial charge in [-0.05, 0) is 30.5 Å². The van der Waals surface area contributed by atoms with Crippen LogP contribution in [0.3, 0.4) is 0 Å². The number of nitrogens with zero attached hydrogens (tertiary/aromatic N) is 2. The quantitative estimate of drug-likeness (QED) is 0.797. The molecule has 4 rings (SSSR count). The number of para-hydroxylation sites is 1. The van der Waals surface area contributed by atoms with Gasteiger partial charge in [-0.2, -0.15) is 5.10 Å². The van der Waals surface area contributed by atoms with E-state index in [2.05, 4.69) is 37.3 Å². The van der Waals surface area contributed by atoms with E-state index < -0.39 is 5.72 Å². The van der Waals surface area contributed by atoms with Crippen LogP contribution >= 0.6 is 0 Å². The molecule has 1 N–H and O–H groups in total. The van der Waals surface area contributed by atoms with Gasteiger partial charge in [0, 0.05) is 25.0 Å². The average molecular weight is 348 g/mol. The molecule has 0 radical (unpaired) electrons. The first-order valence-corrected chi connectivity index (χ1v) is 9.12. The highest BCUT2D eigenvalue weighted by Gasteiger charge is 2.46. The fourth-order valence-electron chi connectivity index (χ4n) is 3.87. The monoisotopic (exact) mass is 348 g/mol. The van der Waals surface area contributed by atoms with Crippen LogP contribution in [0.5, 0.6) is 5.75 Å². The first-order chi connectivity index (χ1) is 12.5. The summed E-state index contributed by atoms with van der Waals surface area (Å²) < 4.78 is 6.25. The summed E-state index contributed by atoms with van der Waals surface area (Å²) in [4.78, 5) is 0. The van der Waals surface area contributed by atoms with Crippen molar-refractivity contribution >= 4 is 5.71 Å². The van der Waals surface area contributed by atoms with E-state index >= 15 is 0 Å². The average Bonchev–Trinajstić information content (AvgIpc) is 3.08. The molecule has 2 aliphatic heterocycles. The minimum atomic E-state index is -0.817. The second-order valence-electron chi connectivity index (χ2n) is 7.14. The molecule has 2 atom stereocenters. The molecule has 0 unspecified atom stereocenters. The molecule has 26 heavy (non-hydrogen) atoms. The summed E-state index contributed by atoms with van der Waals surface area (Å²) in [6.07, 6.45) is 3.57. The van der Waals surface area contributed by atoms with Gasteiger partial charge in [0.25, 0.3) is 0 Å². The Hall–Kier alpha value is -2.75. The van der Waals surface area contributed by atoms with Crippen molar-refractivity contribution in [2.45, 2.75) is 45.4 Å². The Morgan fingerprint density at radius 2 is 2.00 bits per heavy atom. The zero-order valence-corrected chi connectivity index (χ0v) is 15.4. The number of aliphatic hydroxyl groups is 1. The van der Waals surface area contributed by atoms with Crippen LogP contribution in [0.2, 0.25) is 0 Å². The first kappa shape index (κ1) is 16.7. The zero-order chi connectivity index (χ0) is 18.3. The summed E-state index contributed by atoms with van der Waals surface area (Å²) in [5.74, 6) is 1.08. The Morgan fingerprint density at radius 1 is 1.27 bits per heavy atom. The Balaban J connectivity index is 1.77. The van der Waals surface area contributed by atoms with Crippen LogP contribution in [-0.4, -0.2) is 21.6 Å². The van der Waals surface area contributed by atoms with E-state index in [1.807, 2.05) is 30.1 Å². The minimum Gasteiger partial charge on any atom is -0.513 e. The standard InChI is InChI=1S/C22H24N2O2/c1-4-16-9-11-17(12-10-16)19-13-20-18-7-5-6-8-21(18)26-22(3,14-15(2)25)24(20)23-19/h5-12,14,20,25H,4,13H2,1-3H3/b15-14-/t20-,22-/m1/s1. The first-order valence-electron chi connectivity index (χ1n) is 9.12. The maximum absolute atomic E-state index is 9.88. The lowest BCUT2D eigenvalue weighted by atomic mass is 9.94. The number of hydrogen-bond donors (Lipinski definition) is 1. The summed E-state index contributed by atoms with van der Waals surface area (Å²) >= 11 is 0. The fourth-order valence-corrected chi connectivity index (χ4v) is 3.87. The van der Waals surface area contributed by atoms with Crippen LogP contribution < -0.4 is 4.74 Å². The third-order valence-electron chi connectivity index (χ3n) is 5.13. The number of allylic oxidation sites excluding steroid dienone is 1. The molecule has 4 nitrogen and oxygen atoms in total. The molecule has 2 aromatic carbocycles. The largest absolute Gasteiger partial charge is 0.513 e. The van der Waals surface area contributed by atoms with Gasteiger partial charge in [-0.15, -0.1) is 0 Å². The molecule has 0 saturated heterocycles. The van der Waals surface area contributed by atoms with Crippen molar-refractivity contribution < 1.29 is 9.84 Å². The molecule has 0 saturated carbocycles. The van der Waals surface area contributed by atoms with Crippen molar-refractivity contribution in [3.63, 3.8) is 0 Å². The number of aliphatic hydroxyl groups excluding tert-OH is 1. The summed E-state index contributed by atoms with van der Waals surface area (Å²) in [6.45, 7) is 5.77. The van der Waals surface area contributed by atoms with Gasteiger partial charge in [0.05, 0.1) is 17.5 Å². The second-order valence-corrected chi connectivity index (χ2v) is 7.14. The Morgan fingerprint density at radius 3 is 2.69 bits per heavy atom. The maximum Gasteiger partial charge on any atom is 0.218 e. The minimum absolute atomic E-state index is 0.0985. The van der Waals surface area contributed by atoms with Crippen LogP contribution in [0.25, 0.3) is 0 Å². The third-order valence-corrected chi connectivity index (χ3v) is 5.13. The molecule has 0 aromatic heterocycles. The Labute approximate surface area is 154 Å². The SMILES string of the molecule is CCc1ccc(C2=NN3[C@H](C2)c2ccccc2O[C@]3(C)/C=C(/C)O)cc1. The Kier molecular flexibility index (Phi) is 3.98. The predicted octanol–water partition coefficient (Wildman–Crippen LogP) is 4.97. The van der Waals surface area contributed by atoms with Crippen molar-refractivity contribution in [2.24, 2.45) is 5.10 Å². The van der Waals surface area contributed by atoms with Crippen LogP contribution in [0.15, 0.2) is 65.5 Å². The lowest BCUT2D eigenvalue weighted by molar-refractivity contribution is -0.0697. The number of benzene rings is 2. The molecule has 2 aliphatic rings. The smallest absolute Gasteiger partial charge is 0.218 e. The third kappa shape index (κ3) is 2.75. The number of hydrogen-bond acceptors (Lipinski definition) is 4. The highest BCUT2D eigenvalue weighted by Crippen LogP contribution is 2.47. The summed E-state index contributed by atoms with van der Waals surface area (Å²) in [7, 11) is 0. The van der Waals surface area contributed by atoms with E-state index in [1.165, 1.54) is 5.56 Å². The molecule has 134 valence electrons. The molecule has 0 bridgehead atoms.